The number of halogens is 2. The van der Waals surface area contributed by atoms with Gasteiger partial charge in [0.25, 0.3) is 0 Å². The number of nitrogens with zero attached hydrogens (tertiary/aromatic N) is 1. The van der Waals surface area contributed by atoms with Crippen molar-refractivity contribution in [2.75, 3.05) is 0 Å². The molecule has 0 spiro atoms. The predicted molar refractivity (Wildman–Crippen MR) is 61.5 cm³/mol. The number of hydrogen-bond donors (Lipinski definition) is 0. The van der Waals surface area contributed by atoms with E-state index < -0.39 is 0 Å². The third kappa shape index (κ3) is 2.49. The molecule has 0 bridgehead atoms. The summed E-state index contributed by atoms with van der Waals surface area (Å²) in [6, 6.07) is 5.81. The number of alkyl halides is 1. The molecule has 0 amide bonds. The van der Waals surface area contributed by atoms with Crippen molar-refractivity contribution < 1.29 is 0 Å². The van der Waals surface area contributed by atoms with Crippen LogP contribution in [0.3, 0.4) is 0 Å². The van der Waals surface area contributed by atoms with Crippen LogP contribution in [0.5, 0.6) is 0 Å². The first-order valence-corrected chi connectivity index (χ1v) is 5.52. The predicted octanol–water partition coefficient (Wildman–Crippen LogP) is 4.08. The minimum absolute atomic E-state index is 0.821. The van der Waals surface area contributed by atoms with Gasteiger partial charge in [-0.25, -0.2) is 0 Å². The molecule has 0 saturated carbocycles. The summed E-state index contributed by atoms with van der Waals surface area (Å²) in [5.74, 6) is 0. The summed E-state index contributed by atoms with van der Waals surface area (Å²) in [5.41, 5.74) is 2.01. The Morgan fingerprint density at radius 3 is 2.75 bits per heavy atom. The van der Waals surface area contributed by atoms with Crippen LogP contribution in [0.2, 0.25) is 0 Å². The van der Waals surface area contributed by atoms with Gasteiger partial charge >= 0.3 is 0 Å². The first-order chi connectivity index (χ1) is 5.77. The maximum atomic E-state index is 4.50. The van der Waals surface area contributed by atoms with Crippen LogP contribution in [0.25, 0.3) is 0 Å². The SMILES string of the molecule is S=C=Nc1ccc(CBr)c(Br)c1. The van der Waals surface area contributed by atoms with Gasteiger partial charge in [-0.1, -0.05) is 37.9 Å². The molecule has 0 atom stereocenters. The van der Waals surface area contributed by atoms with Gasteiger partial charge in [-0.05, 0) is 29.9 Å². The van der Waals surface area contributed by atoms with Crippen LogP contribution in [0.4, 0.5) is 5.69 Å². The second-order valence-corrected chi connectivity index (χ2v) is 3.71. The van der Waals surface area contributed by atoms with Crippen LogP contribution in [0.15, 0.2) is 27.7 Å². The lowest BCUT2D eigenvalue weighted by Gasteiger charge is -1.99. The Balaban J connectivity index is 3.09. The smallest absolute Gasteiger partial charge is 0.0751 e. The van der Waals surface area contributed by atoms with Crippen molar-refractivity contribution >= 4 is 54.9 Å². The zero-order valence-electron chi connectivity index (χ0n) is 6.05. The number of hydrogen-bond acceptors (Lipinski definition) is 2. The highest BCUT2D eigenvalue weighted by Gasteiger charge is 1.98. The van der Waals surface area contributed by atoms with Crippen LogP contribution >= 0.6 is 44.1 Å². The Labute approximate surface area is 93.2 Å². The van der Waals surface area contributed by atoms with E-state index in [1.807, 2.05) is 18.2 Å². The number of benzene rings is 1. The van der Waals surface area contributed by atoms with E-state index in [0.717, 1.165) is 15.5 Å². The molecule has 0 aliphatic carbocycles. The first-order valence-electron chi connectivity index (χ1n) is 3.20. The van der Waals surface area contributed by atoms with Crippen molar-refractivity contribution in [2.24, 2.45) is 4.99 Å². The van der Waals surface area contributed by atoms with Crippen LogP contribution in [0.1, 0.15) is 5.56 Å². The van der Waals surface area contributed by atoms with Gasteiger partial charge in [0, 0.05) is 9.80 Å². The standard InChI is InChI=1S/C8H5Br2NS/c9-4-6-1-2-7(11-5-12)3-8(6)10/h1-3H,4H2. The average Bonchev–Trinajstić information content (AvgIpc) is 2.05. The minimum Gasteiger partial charge on any atom is -0.195 e. The van der Waals surface area contributed by atoms with Crippen molar-refractivity contribution in [2.45, 2.75) is 5.33 Å². The average molecular weight is 307 g/mol. The molecule has 0 heterocycles. The van der Waals surface area contributed by atoms with Crippen molar-refractivity contribution in [1.82, 2.24) is 0 Å². The fourth-order valence-corrected chi connectivity index (χ4v) is 2.24. The number of rotatable bonds is 2. The summed E-state index contributed by atoms with van der Waals surface area (Å²) < 4.78 is 1.03. The third-order valence-corrected chi connectivity index (χ3v) is 2.79. The summed E-state index contributed by atoms with van der Waals surface area (Å²) in [6.07, 6.45) is 0. The second-order valence-electron chi connectivity index (χ2n) is 2.11. The Bertz CT molecular complexity index is 332. The maximum absolute atomic E-state index is 4.50. The Kier molecular flexibility index (Phi) is 4.09. The van der Waals surface area contributed by atoms with E-state index in [0.29, 0.717) is 0 Å². The van der Waals surface area contributed by atoms with Crippen LogP contribution in [-0.4, -0.2) is 5.16 Å². The zero-order valence-corrected chi connectivity index (χ0v) is 10.0. The van der Waals surface area contributed by atoms with Crippen molar-refractivity contribution in [1.29, 1.82) is 0 Å². The molecule has 4 heteroatoms. The zero-order chi connectivity index (χ0) is 8.97. The highest BCUT2D eigenvalue weighted by Crippen LogP contribution is 2.24. The lowest BCUT2D eigenvalue weighted by Crippen LogP contribution is -1.78. The van der Waals surface area contributed by atoms with E-state index in [-0.39, 0.29) is 0 Å². The molecule has 1 aromatic carbocycles. The third-order valence-electron chi connectivity index (χ3n) is 1.36. The summed E-state index contributed by atoms with van der Waals surface area (Å²) in [4.78, 5) is 3.86. The van der Waals surface area contributed by atoms with Gasteiger partial charge in [-0.2, -0.15) is 4.99 Å². The molecule has 12 heavy (non-hydrogen) atoms. The van der Waals surface area contributed by atoms with Crippen LogP contribution < -0.4 is 0 Å². The van der Waals surface area contributed by atoms with Gasteiger partial charge in [-0.15, -0.1) is 0 Å². The van der Waals surface area contributed by atoms with Gasteiger partial charge in [0.05, 0.1) is 10.8 Å². The molecule has 0 unspecified atom stereocenters. The lowest BCUT2D eigenvalue weighted by molar-refractivity contribution is 1.38. The van der Waals surface area contributed by atoms with E-state index in [4.69, 9.17) is 0 Å². The fourth-order valence-electron chi connectivity index (χ4n) is 0.767. The quantitative estimate of drug-likeness (QED) is 0.456. The summed E-state index contributed by atoms with van der Waals surface area (Å²) in [5, 5.41) is 3.15. The number of isothiocyanates is 1. The summed E-state index contributed by atoms with van der Waals surface area (Å²) in [6.45, 7) is 0. The normalized spacial score (nSPS) is 9.17. The topological polar surface area (TPSA) is 12.4 Å². The van der Waals surface area contributed by atoms with Gasteiger partial charge < -0.3 is 0 Å². The highest BCUT2D eigenvalue weighted by atomic mass is 79.9. The molecule has 0 fully saturated rings. The van der Waals surface area contributed by atoms with E-state index >= 15 is 0 Å². The van der Waals surface area contributed by atoms with Crippen molar-refractivity contribution in [3.63, 3.8) is 0 Å². The summed E-state index contributed by atoms with van der Waals surface area (Å²) in [7, 11) is 0. The molecule has 0 radical (unpaired) electrons. The van der Waals surface area contributed by atoms with Gasteiger partial charge in [0.1, 0.15) is 0 Å². The molecule has 0 aromatic heterocycles. The molecule has 0 aliphatic rings. The minimum atomic E-state index is 0.821. The summed E-state index contributed by atoms with van der Waals surface area (Å²) >= 11 is 11.3. The first kappa shape index (κ1) is 10.1. The molecular formula is C8H5Br2NS. The maximum Gasteiger partial charge on any atom is 0.0751 e. The molecule has 1 rings (SSSR count). The monoisotopic (exact) mass is 305 g/mol. The van der Waals surface area contributed by atoms with E-state index in [2.05, 4.69) is 54.2 Å². The van der Waals surface area contributed by atoms with Crippen LogP contribution in [-0.2, 0) is 5.33 Å². The molecule has 0 saturated heterocycles. The van der Waals surface area contributed by atoms with Crippen molar-refractivity contribution in [3.8, 4) is 0 Å². The Morgan fingerprint density at radius 2 is 2.25 bits per heavy atom. The lowest BCUT2D eigenvalue weighted by atomic mass is 10.2. The number of thiocarbonyl (C=S) groups is 1. The second kappa shape index (κ2) is 4.87. The molecule has 1 aromatic rings. The van der Waals surface area contributed by atoms with Gasteiger partial charge in [0.15, 0.2) is 0 Å². The molecule has 1 nitrogen and oxygen atoms in total. The highest BCUT2D eigenvalue weighted by molar-refractivity contribution is 9.10. The van der Waals surface area contributed by atoms with Crippen molar-refractivity contribution in [3.05, 3.63) is 28.2 Å². The largest absolute Gasteiger partial charge is 0.195 e. The Morgan fingerprint density at radius 1 is 1.50 bits per heavy atom. The Hall–Kier alpha value is -0.0200. The van der Waals surface area contributed by atoms with Gasteiger partial charge in [0.2, 0.25) is 0 Å². The molecule has 0 aliphatic heterocycles. The molecular weight excluding hydrogens is 302 g/mol. The number of aliphatic imine (C=N–C) groups is 1. The fraction of sp³-hybridized carbons (Fsp3) is 0.125. The van der Waals surface area contributed by atoms with E-state index in [1.165, 1.54) is 5.56 Å². The van der Waals surface area contributed by atoms with E-state index in [9.17, 15) is 0 Å². The molecule has 0 N–H and O–H groups in total. The van der Waals surface area contributed by atoms with Gasteiger partial charge in [-0.3, -0.25) is 0 Å². The van der Waals surface area contributed by atoms with Crippen LogP contribution in [0, 0.1) is 0 Å². The van der Waals surface area contributed by atoms with E-state index in [1.54, 1.807) is 0 Å². The molecule has 62 valence electrons.